The van der Waals surface area contributed by atoms with E-state index in [1.807, 2.05) is 12.3 Å². The van der Waals surface area contributed by atoms with Crippen molar-refractivity contribution in [1.29, 1.82) is 0 Å². The number of rotatable bonds is 5. The topological polar surface area (TPSA) is 48.4 Å². The van der Waals surface area contributed by atoms with Crippen molar-refractivity contribution in [3.63, 3.8) is 0 Å². The number of anilines is 2. The Bertz CT molecular complexity index is 720. The Morgan fingerprint density at radius 2 is 1.69 bits per heavy atom. The van der Waals surface area contributed by atoms with Gasteiger partial charge in [0, 0.05) is 69.8 Å². The van der Waals surface area contributed by atoms with Crippen molar-refractivity contribution in [2.75, 3.05) is 55.6 Å². The van der Waals surface area contributed by atoms with E-state index in [4.69, 9.17) is 4.98 Å². The monoisotopic (exact) mass is 352 g/mol. The summed E-state index contributed by atoms with van der Waals surface area (Å²) in [7, 11) is 0. The second kappa shape index (κ2) is 7.99. The van der Waals surface area contributed by atoms with Crippen LogP contribution in [0.2, 0.25) is 0 Å². The molecule has 6 nitrogen and oxygen atoms in total. The summed E-state index contributed by atoms with van der Waals surface area (Å²) in [6, 6.07) is 8.33. The molecule has 4 heterocycles. The summed E-state index contributed by atoms with van der Waals surface area (Å²) in [6.45, 7) is 9.51. The highest BCUT2D eigenvalue weighted by Crippen LogP contribution is 2.20. The van der Waals surface area contributed by atoms with Crippen molar-refractivity contribution in [3.8, 4) is 0 Å². The number of aryl methyl sites for hydroxylation is 1. The maximum absolute atomic E-state index is 4.82. The summed E-state index contributed by atoms with van der Waals surface area (Å²) in [5.41, 5.74) is 2.29. The Morgan fingerprint density at radius 3 is 2.46 bits per heavy atom. The van der Waals surface area contributed by atoms with Crippen LogP contribution in [0.15, 0.2) is 30.5 Å². The summed E-state index contributed by atoms with van der Waals surface area (Å²) < 4.78 is 0. The van der Waals surface area contributed by atoms with Gasteiger partial charge in [0.2, 0.25) is 5.95 Å². The maximum Gasteiger partial charge on any atom is 0.227 e. The predicted molar refractivity (Wildman–Crippen MR) is 105 cm³/mol. The molecular formula is C20H28N6. The van der Waals surface area contributed by atoms with E-state index in [1.165, 1.54) is 18.5 Å². The fourth-order valence-electron chi connectivity index (χ4n) is 3.80. The fourth-order valence-corrected chi connectivity index (χ4v) is 3.80. The van der Waals surface area contributed by atoms with Gasteiger partial charge in [-0.3, -0.25) is 9.88 Å². The molecule has 2 aliphatic heterocycles. The van der Waals surface area contributed by atoms with Gasteiger partial charge < -0.3 is 9.80 Å². The molecule has 0 bridgehead atoms. The first-order valence-corrected chi connectivity index (χ1v) is 9.76. The molecule has 2 aromatic rings. The Balaban J connectivity index is 1.30. The molecular weight excluding hydrogens is 324 g/mol. The van der Waals surface area contributed by atoms with Gasteiger partial charge in [0.05, 0.1) is 0 Å². The zero-order chi connectivity index (χ0) is 17.8. The lowest BCUT2D eigenvalue weighted by Gasteiger charge is -2.35. The normalized spacial score (nSPS) is 18.5. The Morgan fingerprint density at radius 1 is 0.885 bits per heavy atom. The summed E-state index contributed by atoms with van der Waals surface area (Å²) in [5, 5.41) is 0. The van der Waals surface area contributed by atoms with E-state index in [2.05, 4.69) is 49.8 Å². The smallest absolute Gasteiger partial charge is 0.227 e. The quantitative estimate of drug-likeness (QED) is 0.822. The largest absolute Gasteiger partial charge is 0.354 e. The molecule has 2 aromatic heterocycles. The Labute approximate surface area is 155 Å². The molecule has 0 atom stereocenters. The van der Waals surface area contributed by atoms with E-state index in [0.717, 1.165) is 69.7 Å². The summed E-state index contributed by atoms with van der Waals surface area (Å²) in [5.74, 6) is 1.97. The molecule has 0 spiro atoms. The van der Waals surface area contributed by atoms with Crippen molar-refractivity contribution in [1.82, 2.24) is 19.9 Å². The third kappa shape index (κ3) is 4.12. The average Bonchev–Trinajstić information content (AvgIpc) is 3.22. The molecule has 0 unspecified atom stereocenters. The van der Waals surface area contributed by atoms with Crippen molar-refractivity contribution >= 4 is 11.8 Å². The minimum Gasteiger partial charge on any atom is -0.354 e. The van der Waals surface area contributed by atoms with Crippen LogP contribution in [-0.4, -0.2) is 65.7 Å². The molecule has 0 aliphatic carbocycles. The van der Waals surface area contributed by atoms with Crippen molar-refractivity contribution in [3.05, 3.63) is 41.9 Å². The molecule has 0 amide bonds. The lowest BCUT2D eigenvalue weighted by atomic mass is 10.2. The zero-order valence-electron chi connectivity index (χ0n) is 15.6. The standard InChI is InChI=1S/C20H28N6/c1-17-5-4-6-18(22-17)8-12-24-13-15-25(16-14-24)19-7-9-21-20(23-19)26-10-2-3-11-26/h4-7,9H,2-3,8,10-16H2,1H3. The number of aromatic nitrogens is 3. The van der Waals surface area contributed by atoms with Gasteiger partial charge in [0.1, 0.15) is 5.82 Å². The first-order chi connectivity index (χ1) is 12.8. The number of piperazine rings is 1. The van der Waals surface area contributed by atoms with E-state index in [9.17, 15) is 0 Å². The van der Waals surface area contributed by atoms with E-state index >= 15 is 0 Å². The SMILES string of the molecule is Cc1cccc(CCN2CCN(c3ccnc(N4CCCC4)n3)CC2)n1. The van der Waals surface area contributed by atoms with Gasteiger partial charge in [-0.1, -0.05) is 6.07 Å². The van der Waals surface area contributed by atoms with Crippen LogP contribution >= 0.6 is 0 Å². The van der Waals surface area contributed by atoms with Gasteiger partial charge >= 0.3 is 0 Å². The van der Waals surface area contributed by atoms with Gasteiger partial charge in [0.25, 0.3) is 0 Å². The summed E-state index contributed by atoms with van der Waals surface area (Å²) >= 11 is 0. The highest BCUT2D eigenvalue weighted by Gasteiger charge is 2.20. The van der Waals surface area contributed by atoms with Crippen molar-refractivity contribution < 1.29 is 0 Å². The number of pyridine rings is 1. The molecule has 138 valence electrons. The summed E-state index contributed by atoms with van der Waals surface area (Å²) in [4.78, 5) is 21.1. The summed E-state index contributed by atoms with van der Waals surface area (Å²) in [6.07, 6.45) is 5.43. The van der Waals surface area contributed by atoms with Crippen LogP contribution in [-0.2, 0) is 6.42 Å². The molecule has 2 aliphatic rings. The second-order valence-electron chi connectivity index (χ2n) is 7.26. The zero-order valence-corrected chi connectivity index (χ0v) is 15.6. The minimum absolute atomic E-state index is 0.896. The van der Waals surface area contributed by atoms with Gasteiger partial charge in [-0.25, -0.2) is 4.98 Å². The van der Waals surface area contributed by atoms with Crippen LogP contribution in [0.25, 0.3) is 0 Å². The third-order valence-corrected chi connectivity index (χ3v) is 5.34. The molecule has 26 heavy (non-hydrogen) atoms. The second-order valence-corrected chi connectivity index (χ2v) is 7.26. The van der Waals surface area contributed by atoms with Gasteiger partial charge in [-0.05, 0) is 38.0 Å². The van der Waals surface area contributed by atoms with Gasteiger partial charge in [0.15, 0.2) is 0 Å². The Kier molecular flexibility index (Phi) is 5.29. The fraction of sp³-hybridized carbons (Fsp3) is 0.550. The minimum atomic E-state index is 0.896. The first-order valence-electron chi connectivity index (χ1n) is 9.76. The van der Waals surface area contributed by atoms with Gasteiger partial charge in [-0.15, -0.1) is 0 Å². The van der Waals surface area contributed by atoms with E-state index in [1.54, 1.807) is 0 Å². The maximum atomic E-state index is 4.82. The molecule has 0 saturated carbocycles. The molecule has 2 fully saturated rings. The van der Waals surface area contributed by atoms with Crippen LogP contribution < -0.4 is 9.80 Å². The van der Waals surface area contributed by atoms with Crippen molar-refractivity contribution in [2.24, 2.45) is 0 Å². The van der Waals surface area contributed by atoms with Crippen LogP contribution in [0.1, 0.15) is 24.2 Å². The highest BCUT2D eigenvalue weighted by molar-refractivity contribution is 5.44. The van der Waals surface area contributed by atoms with Crippen LogP contribution in [0.3, 0.4) is 0 Å². The predicted octanol–water partition coefficient (Wildman–Crippen LogP) is 2.14. The average molecular weight is 352 g/mol. The molecule has 0 aromatic carbocycles. The van der Waals surface area contributed by atoms with E-state index in [-0.39, 0.29) is 0 Å². The third-order valence-electron chi connectivity index (χ3n) is 5.34. The molecule has 2 saturated heterocycles. The highest BCUT2D eigenvalue weighted by atomic mass is 15.3. The number of nitrogens with zero attached hydrogens (tertiary/aromatic N) is 6. The number of hydrogen-bond acceptors (Lipinski definition) is 6. The molecule has 6 heteroatoms. The Hall–Kier alpha value is -2.21. The number of hydrogen-bond donors (Lipinski definition) is 0. The van der Waals surface area contributed by atoms with E-state index < -0.39 is 0 Å². The molecule has 0 N–H and O–H groups in total. The van der Waals surface area contributed by atoms with Crippen LogP contribution in [0.4, 0.5) is 11.8 Å². The van der Waals surface area contributed by atoms with E-state index in [0.29, 0.717) is 0 Å². The van der Waals surface area contributed by atoms with Crippen LogP contribution in [0.5, 0.6) is 0 Å². The first kappa shape index (κ1) is 17.2. The van der Waals surface area contributed by atoms with Crippen molar-refractivity contribution in [2.45, 2.75) is 26.2 Å². The molecule has 0 radical (unpaired) electrons. The lowest BCUT2D eigenvalue weighted by molar-refractivity contribution is 0.259. The van der Waals surface area contributed by atoms with Gasteiger partial charge in [-0.2, -0.15) is 4.98 Å². The molecule has 4 rings (SSSR count). The lowest BCUT2D eigenvalue weighted by Crippen LogP contribution is -2.47. The van der Waals surface area contributed by atoms with Crippen LogP contribution in [0, 0.1) is 6.92 Å².